The minimum atomic E-state index is -0.480. The van der Waals surface area contributed by atoms with E-state index in [9.17, 15) is 4.79 Å². The lowest BCUT2D eigenvalue weighted by Crippen LogP contribution is -2.03. The number of hydrogen-bond donors (Lipinski definition) is 0. The summed E-state index contributed by atoms with van der Waals surface area (Å²) in [5, 5.41) is 3.44. The highest BCUT2D eigenvalue weighted by atomic mass is 35.5. The SMILES string of the molecule is C=CCc1cnn(C)c1C(=O)Cl. The Morgan fingerprint density at radius 3 is 3.08 bits per heavy atom. The number of halogens is 1. The lowest BCUT2D eigenvalue weighted by Gasteiger charge is -1.96. The Kier molecular flexibility index (Phi) is 2.65. The Morgan fingerprint density at radius 1 is 1.92 bits per heavy atom. The second-order valence-electron chi connectivity index (χ2n) is 2.41. The quantitative estimate of drug-likeness (QED) is 0.528. The van der Waals surface area contributed by atoms with Crippen molar-refractivity contribution in [2.45, 2.75) is 6.42 Å². The van der Waals surface area contributed by atoms with Crippen LogP contribution in [0.15, 0.2) is 18.9 Å². The number of rotatable bonds is 3. The van der Waals surface area contributed by atoms with E-state index in [1.165, 1.54) is 4.68 Å². The first-order chi connectivity index (χ1) is 5.66. The normalized spacial score (nSPS) is 9.83. The van der Waals surface area contributed by atoms with E-state index in [-0.39, 0.29) is 0 Å². The molecule has 0 radical (unpaired) electrons. The van der Waals surface area contributed by atoms with Gasteiger partial charge in [0.15, 0.2) is 0 Å². The van der Waals surface area contributed by atoms with Crippen LogP contribution in [0.25, 0.3) is 0 Å². The van der Waals surface area contributed by atoms with Crippen molar-refractivity contribution < 1.29 is 4.79 Å². The molecular formula is C8H9ClN2O. The molecule has 0 aromatic carbocycles. The molecule has 0 bridgehead atoms. The summed E-state index contributed by atoms with van der Waals surface area (Å²) in [4.78, 5) is 10.9. The summed E-state index contributed by atoms with van der Waals surface area (Å²) < 4.78 is 1.47. The smallest absolute Gasteiger partial charge is 0.270 e. The van der Waals surface area contributed by atoms with Crippen molar-refractivity contribution in [1.29, 1.82) is 0 Å². The van der Waals surface area contributed by atoms with Gasteiger partial charge < -0.3 is 0 Å². The van der Waals surface area contributed by atoms with Gasteiger partial charge in [0.05, 0.1) is 6.20 Å². The first kappa shape index (κ1) is 9.00. The van der Waals surface area contributed by atoms with Crippen LogP contribution in [0.1, 0.15) is 16.1 Å². The van der Waals surface area contributed by atoms with Gasteiger partial charge in [0.1, 0.15) is 5.69 Å². The fourth-order valence-electron chi connectivity index (χ4n) is 1.04. The molecular weight excluding hydrogens is 176 g/mol. The standard InChI is InChI=1S/C8H9ClN2O/c1-3-4-6-5-10-11(2)7(6)8(9)12/h3,5H,1,4H2,2H3. The molecule has 1 aromatic heterocycles. The number of nitrogens with zero attached hydrogens (tertiary/aromatic N) is 2. The van der Waals surface area contributed by atoms with E-state index in [2.05, 4.69) is 11.7 Å². The minimum absolute atomic E-state index is 0.441. The van der Waals surface area contributed by atoms with Crippen molar-refractivity contribution in [1.82, 2.24) is 9.78 Å². The average Bonchev–Trinajstić information content (AvgIpc) is 2.32. The number of hydrogen-bond acceptors (Lipinski definition) is 2. The molecule has 64 valence electrons. The summed E-state index contributed by atoms with van der Waals surface area (Å²) >= 11 is 5.36. The van der Waals surface area contributed by atoms with Crippen LogP contribution in [0.5, 0.6) is 0 Å². The number of aromatic nitrogens is 2. The van der Waals surface area contributed by atoms with Crippen molar-refractivity contribution in [3.8, 4) is 0 Å². The Hall–Kier alpha value is -1.09. The Labute approximate surface area is 75.6 Å². The Morgan fingerprint density at radius 2 is 2.58 bits per heavy atom. The van der Waals surface area contributed by atoms with Gasteiger partial charge in [-0.3, -0.25) is 9.48 Å². The fourth-order valence-corrected chi connectivity index (χ4v) is 1.29. The van der Waals surface area contributed by atoms with Crippen LogP contribution < -0.4 is 0 Å². The molecule has 0 saturated carbocycles. The van der Waals surface area contributed by atoms with E-state index in [1.54, 1.807) is 19.3 Å². The summed E-state index contributed by atoms with van der Waals surface area (Å²) in [6.07, 6.45) is 3.94. The van der Waals surface area contributed by atoms with Crippen molar-refractivity contribution in [2.24, 2.45) is 7.05 Å². The lowest BCUT2D eigenvalue weighted by molar-refractivity contribution is 0.107. The van der Waals surface area contributed by atoms with Gasteiger partial charge in [0, 0.05) is 12.6 Å². The molecule has 0 atom stereocenters. The van der Waals surface area contributed by atoms with Gasteiger partial charge in [-0.25, -0.2) is 0 Å². The third kappa shape index (κ3) is 1.56. The molecule has 0 amide bonds. The average molecular weight is 185 g/mol. The molecule has 0 spiro atoms. The first-order valence-electron chi connectivity index (χ1n) is 3.48. The molecule has 1 heterocycles. The second-order valence-corrected chi connectivity index (χ2v) is 2.75. The highest BCUT2D eigenvalue weighted by Crippen LogP contribution is 2.11. The van der Waals surface area contributed by atoms with Gasteiger partial charge in [-0.2, -0.15) is 5.10 Å². The highest BCUT2D eigenvalue weighted by Gasteiger charge is 2.12. The highest BCUT2D eigenvalue weighted by molar-refractivity contribution is 6.67. The van der Waals surface area contributed by atoms with E-state index >= 15 is 0 Å². The largest absolute Gasteiger partial charge is 0.274 e. The Balaban J connectivity index is 3.11. The van der Waals surface area contributed by atoms with Gasteiger partial charge in [-0.05, 0) is 18.0 Å². The summed E-state index contributed by atoms with van der Waals surface area (Å²) in [5.74, 6) is 0. The van der Waals surface area contributed by atoms with E-state index < -0.39 is 5.24 Å². The maximum absolute atomic E-state index is 10.9. The van der Waals surface area contributed by atoms with Crippen LogP contribution in [-0.2, 0) is 13.5 Å². The molecule has 0 saturated heterocycles. The van der Waals surface area contributed by atoms with Gasteiger partial charge in [0.25, 0.3) is 5.24 Å². The van der Waals surface area contributed by atoms with Crippen LogP contribution in [0.2, 0.25) is 0 Å². The molecule has 3 nitrogen and oxygen atoms in total. The van der Waals surface area contributed by atoms with Crippen LogP contribution in [0, 0.1) is 0 Å². The molecule has 4 heteroatoms. The first-order valence-corrected chi connectivity index (χ1v) is 3.86. The zero-order chi connectivity index (χ0) is 9.14. The van der Waals surface area contributed by atoms with Gasteiger partial charge >= 0.3 is 0 Å². The molecule has 0 aliphatic carbocycles. The molecule has 1 aromatic rings. The van der Waals surface area contributed by atoms with E-state index in [1.807, 2.05) is 0 Å². The fraction of sp³-hybridized carbons (Fsp3) is 0.250. The van der Waals surface area contributed by atoms with Gasteiger partial charge in [-0.15, -0.1) is 6.58 Å². The van der Waals surface area contributed by atoms with E-state index in [0.717, 1.165) is 5.56 Å². The maximum atomic E-state index is 10.9. The van der Waals surface area contributed by atoms with Crippen LogP contribution in [-0.4, -0.2) is 15.0 Å². The third-order valence-corrected chi connectivity index (χ3v) is 1.74. The number of carbonyl (C=O) groups is 1. The lowest BCUT2D eigenvalue weighted by atomic mass is 10.2. The monoisotopic (exact) mass is 184 g/mol. The number of allylic oxidation sites excluding steroid dienone is 1. The molecule has 0 aliphatic rings. The van der Waals surface area contributed by atoms with Gasteiger partial charge in [-0.1, -0.05) is 6.08 Å². The summed E-state index contributed by atoms with van der Waals surface area (Å²) in [5.41, 5.74) is 1.25. The summed E-state index contributed by atoms with van der Waals surface area (Å²) in [6.45, 7) is 3.57. The molecule has 12 heavy (non-hydrogen) atoms. The number of carbonyl (C=O) groups excluding carboxylic acids is 1. The number of aryl methyl sites for hydroxylation is 1. The van der Waals surface area contributed by atoms with Gasteiger partial charge in [0.2, 0.25) is 0 Å². The molecule has 1 rings (SSSR count). The topological polar surface area (TPSA) is 34.9 Å². The van der Waals surface area contributed by atoms with Crippen LogP contribution in [0.3, 0.4) is 0 Å². The second kappa shape index (κ2) is 3.54. The Bertz CT molecular complexity index is 317. The predicted molar refractivity (Wildman–Crippen MR) is 47.3 cm³/mol. The summed E-state index contributed by atoms with van der Waals surface area (Å²) in [7, 11) is 1.68. The van der Waals surface area contributed by atoms with E-state index in [0.29, 0.717) is 12.1 Å². The summed E-state index contributed by atoms with van der Waals surface area (Å²) in [6, 6.07) is 0. The molecule has 0 aliphatic heterocycles. The molecule has 0 N–H and O–H groups in total. The van der Waals surface area contributed by atoms with Crippen molar-refractivity contribution >= 4 is 16.8 Å². The van der Waals surface area contributed by atoms with Crippen molar-refractivity contribution in [2.75, 3.05) is 0 Å². The zero-order valence-corrected chi connectivity index (χ0v) is 7.51. The predicted octanol–water partition coefficient (Wildman–Crippen LogP) is 1.53. The van der Waals surface area contributed by atoms with Crippen molar-refractivity contribution in [3.63, 3.8) is 0 Å². The van der Waals surface area contributed by atoms with E-state index in [4.69, 9.17) is 11.6 Å². The maximum Gasteiger partial charge on any atom is 0.270 e. The van der Waals surface area contributed by atoms with Crippen LogP contribution in [0.4, 0.5) is 0 Å². The van der Waals surface area contributed by atoms with Crippen molar-refractivity contribution in [3.05, 3.63) is 30.1 Å². The molecule has 0 unspecified atom stereocenters. The minimum Gasteiger partial charge on any atom is -0.274 e. The third-order valence-electron chi connectivity index (χ3n) is 1.56. The molecule has 0 fully saturated rings. The zero-order valence-electron chi connectivity index (χ0n) is 6.75. The van der Waals surface area contributed by atoms with Crippen LogP contribution >= 0.6 is 11.6 Å².